The van der Waals surface area contributed by atoms with Gasteiger partial charge in [-0.25, -0.2) is 4.39 Å². The van der Waals surface area contributed by atoms with Gasteiger partial charge in [0.1, 0.15) is 12.4 Å². The number of aliphatic hydroxyl groups excluding tert-OH is 1. The molecule has 1 amide bonds. The van der Waals surface area contributed by atoms with Crippen molar-refractivity contribution in [1.29, 1.82) is 0 Å². The van der Waals surface area contributed by atoms with E-state index >= 15 is 4.39 Å². The van der Waals surface area contributed by atoms with Gasteiger partial charge in [0.25, 0.3) is 5.91 Å². The van der Waals surface area contributed by atoms with Crippen LogP contribution in [0.5, 0.6) is 11.5 Å². The van der Waals surface area contributed by atoms with Crippen LogP contribution in [0.25, 0.3) is 33.2 Å². The zero-order valence-corrected chi connectivity index (χ0v) is 24.0. The van der Waals surface area contributed by atoms with Crippen LogP contribution in [-0.2, 0) is 19.3 Å². The second-order valence-electron chi connectivity index (χ2n) is 10.7. The summed E-state index contributed by atoms with van der Waals surface area (Å²) in [6.45, 7) is 3.83. The standard InChI is InChI=1S/C36H33FN2O4/c1-3-14-43-35-17-23-13-12-22-16-30(27-9-4-6-10-32(27)37)31(18-28(22)29(23)19-34(35)42-2)36(41)39-25(21-40)15-24-20-38-33-11-7-5-8-26(24)33/h3-11,16-20,25,38,40H,1,12-15,21H2,2H3,(H,39,41). The molecule has 1 atom stereocenters. The van der Waals surface area contributed by atoms with Gasteiger partial charge in [-0.05, 0) is 89.0 Å². The van der Waals surface area contributed by atoms with Crippen molar-refractivity contribution < 1.29 is 23.8 Å². The lowest BCUT2D eigenvalue weighted by atomic mass is 9.82. The summed E-state index contributed by atoms with van der Waals surface area (Å²) in [7, 11) is 1.59. The minimum atomic E-state index is -0.548. The van der Waals surface area contributed by atoms with E-state index in [4.69, 9.17) is 9.47 Å². The van der Waals surface area contributed by atoms with Crippen LogP contribution in [0.3, 0.4) is 0 Å². The number of amides is 1. The Bertz CT molecular complexity index is 1830. The Morgan fingerprint density at radius 1 is 1.00 bits per heavy atom. The molecule has 7 heteroatoms. The monoisotopic (exact) mass is 576 g/mol. The van der Waals surface area contributed by atoms with Gasteiger partial charge in [0, 0.05) is 28.2 Å². The number of hydrogen-bond donors (Lipinski definition) is 3. The second kappa shape index (κ2) is 12.2. The van der Waals surface area contributed by atoms with Crippen molar-refractivity contribution in [3.05, 3.63) is 120 Å². The third-order valence-corrected chi connectivity index (χ3v) is 8.05. The Morgan fingerprint density at radius 3 is 2.51 bits per heavy atom. The van der Waals surface area contributed by atoms with Gasteiger partial charge in [0.2, 0.25) is 0 Å². The molecule has 5 aromatic rings. The number of rotatable bonds is 10. The molecule has 0 spiro atoms. The van der Waals surface area contributed by atoms with Crippen LogP contribution in [0.1, 0.15) is 27.0 Å². The number of ether oxygens (including phenoxy) is 2. The molecule has 1 aliphatic rings. The molecular formula is C36H33FN2O4. The van der Waals surface area contributed by atoms with Crippen LogP contribution in [0.2, 0.25) is 0 Å². The Hall–Kier alpha value is -4.88. The average molecular weight is 577 g/mol. The summed E-state index contributed by atoms with van der Waals surface area (Å²) in [6.07, 6.45) is 5.50. The lowest BCUT2D eigenvalue weighted by Gasteiger charge is -2.25. The van der Waals surface area contributed by atoms with Gasteiger partial charge in [-0.1, -0.05) is 49.1 Å². The highest BCUT2D eigenvalue weighted by atomic mass is 19.1. The summed E-state index contributed by atoms with van der Waals surface area (Å²) in [5, 5.41) is 14.3. The fraction of sp³-hybridized carbons (Fsp3) is 0.194. The van der Waals surface area contributed by atoms with Crippen molar-refractivity contribution >= 4 is 16.8 Å². The third-order valence-electron chi connectivity index (χ3n) is 8.05. The van der Waals surface area contributed by atoms with Crippen molar-refractivity contribution in [3.63, 3.8) is 0 Å². The lowest BCUT2D eigenvalue weighted by Crippen LogP contribution is -2.39. The number of benzene rings is 4. The topological polar surface area (TPSA) is 83.6 Å². The number of carbonyl (C=O) groups is 1. The van der Waals surface area contributed by atoms with Crippen LogP contribution in [-0.4, -0.2) is 42.4 Å². The number of H-pyrrole nitrogens is 1. The first kappa shape index (κ1) is 28.2. The summed E-state index contributed by atoms with van der Waals surface area (Å²) in [4.78, 5) is 17.2. The maximum atomic E-state index is 15.2. The first-order valence-electron chi connectivity index (χ1n) is 14.3. The van der Waals surface area contributed by atoms with Crippen LogP contribution >= 0.6 is 0 Å². The summed E-state index contributed by atoms with van der Waals surface area (Å²) in [6, 6.07) is 21.5. The number of para-hydroxylation sites is 1. The number of methoxy groups -OCH3 is 1. The number of aromatic amines is 1. The van der Waals surface area contributed by atoms with E-state index in [-0.39, 0.29) is 12.5 Å². The van der Waals surface area contributed by atoms with Crippen molar-refractivity contribution in [2.75, 3.05) is 20.3 Å². The van der Waals surface area contributed by atoms with Crippen LogP contribution in [0.15, 0.2) is 91.6 Å². The molecule has 0 radical (unpaired) electrons. The molecule has 4 aromatic carbocycles. The molecule has 1 aromatic heterocycles. The molecule has 0 saturated heterocycles. The highest BCUT2D eigenvalue weighted by molar-refractivity contribution is 6.03. The van der Waals surface area contributed by atoms with Gasteiger partial charge >= 0.3 is 0 Å². The average Bonchev–Trinajstić information content (AvgIpc) is 3.45. The van der Waals surface area contributed by atoms with Gasteiger partial charge < -0.3 is 24.9 Å². The number of aryl methyl sites for hydroxylation is 2. The quantitative estimate of drug-likeness (QED) is 0.163. The Kier molecular flexibility index (Phi) is 7.99. The predicted octanol–water partition coefficient (Wildman–Crippen LogP) is 6.65. The highest BCUT2D eigenvalue weighted by Gasteiger charge is 2.26. The number of nitrogens with one attached hydrogen (secondary N) is 2. The molecule has 6 rings (SSSR count). The number of hydrogen-bond acceptors (Lipinski definition) is 4. The van der Waals surface area contributed by atoms with E-state index < -0.39 is 11.9 Å². The molecule has 1 unspecified atom stereocenters. The number of carbonyl (C=O) groups excluding carboxylic acids is 1. The summed E-state index contributed by atoms with van der Waals surface area (Å²) >= 11 is 0. The van der Waals surface area contributed by atoms with Gasteiger partial charge in [0.05, 0.1) is 19.8 Å². The van der Waals surface area contributed by atoms with Gasteiger partial charge in [-0.2, -0.15) is 0 Å². The van der Waals surface area contributed by atoms with E-state index in [1.54, 1.807) is 31.4 Å². The molecule has 0 saturated carbocycles. The molecule has 3 N–H and O–H groups in total. The normalized spacial score (nSPS) is 12.7. The van der Waals surface area contributed by atoms with E-state index in [1.807, 2.05) is 54.7 Å². The first-order chi connectivity index (χ1) is 21.0. The van der Waals surface area contributed by atoms with Gasteiger partial charge in [-0.3, -0.25) is 4.79 Å². The van der Waals surface area contributed by atoms with E-state index in [2.05, 4.69) is 16.9 Å². The smallest absolute Gasteiger partial charge is 0.252 e. The minimum absolute atomic E-state index is 0.251. The third kappa shape index (κ3) is 5.51. The molecule has 1 aliphatic carbocycles. The zero-order valence-electron chi connectivity index (χ0n) is 24.0. The van der Waals surface area contributed by atoms with Crippen molar-refractivity contribution in [2.24, 2.45) is 0 Å². The van der Waals surface area contributed by atoms with E-state index in [0.717, 1.165) is 51.6 Å². The van der Waals surface area contributed by atoms with Crippen molar-refractivity contribution in [3.8, 4) is 33.8 Å². The molecule has 218 valence electrons. The summed E-state index contributed by atoms with van der Waals surface area (Å²) in [5.74, 6) is 0.422. The molecule has 43 heavy (non-hydrogen) atoms. The van der Waals surface area contributed by atoms with Crippen LogP contribution < -0.4 is 14.8 Å². The summed E-state index contributed by atoms with van der Waals surface area (Å²) in [5.41, 5.74) is 7.09. The number of aliphatic hydroxyl groups is 1. The molecular weight excluding hydrogens is 543 g/mol. The largest absolute Gasteiger partial charge is 0.493 e. The molecule has 6 nitrogen and oxygen atoms in total. The van der Waals surface area contributed by atoms with Crippen molar-refractivity contribution in [2.45, 2.75) is 25.3 Å². The van der Waals surface area contributed by atoms with Gasteiger partial charge in [-0.15, -0.1) is 0 Å². The second-order valence-corrected chi connectivity index (χ2v) is 10.7. The Balaban J connectivity index is 1.41. The predicted molar refractivity (Wildman–Crippen MR) is 167 cm³/mol. The molecule has 0 aliphatic heterocycles. The fourth-order valence-corrected chi connectivity index (χ4v) is 5.93. The molecule has 1 heterocycles. The molecule has 0 fully saturated rings. The Morgan fingerprint density at radius 2 is 1.74 bits per heavy atom. The fourth-order valence-electron chi connectivity index (χ4n) is 5.93. The Labute approximate surface area is 249 Å². The van der Waals surface area contributed by atoms with Crippen LogP contribution in [0, 0.1) is 5.82 Å². The SMILES string of the molecule is C=CCOc1cc2c(cc1OC)-c1cc(C(=O)NC(CO)Cc3c[nH]c4ccccc34)c(-c3ccccc3F)cc1CC2. The van der Waals surface area contributed by atoms with Crippen molar-refractivity contribution in [1.82, 2.24) is 10.3 Å². The van der Waals surface area contributed by atoms with Gasteiger partial charge in [0.15, 0.2) is 11.5 Å². The summed E-state index contributed by atoms with van der Waals surface area (Å²) < 4.78 is 26.6. The lowest BCUT2D eigenvalue weighted by molar-refractivity contribution is 0.0917. The highest BCUT2D eigenvalue weighted by Crippen LogP contribution is 2.43. The van der Waals surface area contributed by atoms with E-state index in [1.165, 1.54) is 6.07 Å². The number of halogens is 1. The molecule has 0 bridgehead atoms. The maximum absolute atomic E-state index is 15.2. The van der Waals surface area contributed by atoms with E-state index in [0.29, 0.717) is 41.2 Å². The first-order valence-corrected chi connectivity index (χ1v) is 14.3. The minimum Gasteiger partial charge on any atom is -0.493 e. The number of fused-ring (bicyclic) bond motifs is 4. The zero-order chi connectivity index (χ0) is 29.9. The maximum Gasteiger partial charge on any atom is 0.252 e. The van der Waals surface area contributed by atoms with E-state index in [9.17, 15) is 9.90 Å². The number of aromatic nitrogens is 1. The van der Waals surface area contributed by atoms with Crippen LogP contribution in [0.4, 0.5) is 4.39 Å².